The average molecular weight is 386 g/mol. The second kappa shape index (κ2) is 6.16. The van der Waals surface area contributed by atoms with E-state index in [0.717, 1.165) is 10.4 Å². The number of nitriles is 1. The van der Waals surface area contributed by atoms with Gasteiger partial charge in [0.1, 0.15) is 10.9 Å². The molecule has 0 unspecified atom stereocenters. The molecule has 1 aliphatic rings. The third-order valence-corrected chi connectivity index (χ3v) is 5.56. The number of H-pyrrole nitrogens is 1. The van der Waals surface area contributed by atoms with Crippen LogP contribution in [-0.2, 0) is 0 Å². The molecule has 0 saturated heterocycles. The van der Waals surface area contributed by atoms with Crippen molar-refractivity contribution in [3.8, 4) is 17.6 Å². The van der Waals surface area contributed by atoms with Crippen molar-refractivity contribution in [2.24, 2.45) is 0 Å². The minimum atomic E-state index is -0.253. The molecule has 4 rings (SSSR count). The molecule has 3 aromatic rings. The van der Waals surface area contributed by atoms with Gasteiger partial charge in [0.05, 0.1) is 16.0 Å². The van der Waals surface area contributed by atoms with Crippen molar-refractivity contribution < 1.29 is 9.47 Å². The smallest absolute Gasteiger partial charge is 0.260 e. The van der Waals surface area contributed by atoms with Gasteiger partial charge in [0.2, 0.25) is 6.79 Å². The van der Waals surface area contributed by atoms with E-state index < -0.39 is 0 Å². The molecule has 2 aromatic heterocycles. The highest BCUT2D eigenvalue weighted by Gasteiger charge is 2.19. The Bertz CT molecular complexity index is 1190. The third kappa shape index (κ3) is 2.64. The van der Waals surface area contributed by atoms with Crippen molar-refractivity contribution in [1.82, 2.24) is 9.97 Å². The van der Waals surface area contributed by atoms with Crippen molar-refractivity contribution >= 4 is 44.8 Å². The molecule has 0 fully saturated rings. The number of ether oxygens (including phenoxy) is 2. The summed E-state index contributed by atoms with van der Waals surface area (Å²) in [5, 5.41) is 10.5. The van der Waals surface area contributed by atoms with Crippen LogP contribution in [0.1, 0.15) is 21.8 Å². The van der Waals surface area contributed by atoms with Gasteiger partial charge in [0, 0.05) is 4.88 Å². The third-order valence-electron chi connectivity index (χ3n) is 4.18. The van der Waals surface area contributed by atoms with Gasteiger partial charge in [-0.2, -0.15) is 5.26 Å². The van der Waals surface area contributed by atoms with E-state index in [-0.39, 0.29) is 23.7 Å². The lowest BCUT2D eigenvalue weighted by atomic mass is 10.1. The van der Waals surface area contributed by atoms with Crippen LogP contribution in [0.5, 0.6) is 11.5 Å². The van der Waals surface area contributed by atoms with E-state index in [9.17, 15) is 10.1 Å². The monoisotopic (exact) mass is 385 g/mol. The van der Waals surface area contributed by atoms with E-state index in [1.54, 1.807) is 18.2 Å². The van der Waals surface area contributed by atoms with Gasteiger partial charge in [-0.1, -0.05) is 11.6 Å². The van der Waals surface area contributed by atoms with Crippen LogP contribution in [0.2, 0.25) is 5.02 Å². The highest BCUT2D eigenvalue weighted by Crippen LogP contribution is 2.40. The zero-order valence-corrected chi connectivity index (χ0v) is 15.4. The van der Waals surface area contributed by atoms with E-state index in [2.05, 4.69) is 16.0 Å². The summed E-state index contributed by atoms with van der Waals surface area (Å²) < 4.78 is 10.6. The summed E-state index contributed by atoms with van der Waals surface area (Å²) in [7, 11) is 0. The summed E-state index contributed by atoms with van der Waals surface area (Å²) >= 11 is 7.62. The molecule has 0 bridgehead atoms. The normalized spacial score (nSPS) is 13.2. The van der Waals surface area contributed by atoms with Gasteiger partial charge >= 0.3 is 0 Å². The van der Waals surface area contributed by atoms with Gasteiger partial charge in [-0.15, -0.1) is 11.3 Å². The topological polar surface area (TPSA) is 88.0 Å². The van der Waals surface area contributed by atoms with Crippen molar-refractivity contribution in [3.63, 3.8) is 0 Å². The Morgan fingerprint density at radius 3 is 3.00 bits per heavy atom. The van der Waals surface area contributed by atoms with Gasteiger partial charge in [-0.05, 0) is 43.2 Å². The molecule has 1 N–H and O–H groups in total. The highest BCUT2D eigenvalue weighted by atomic mass is 35.5. The molecule has 0 aliphatic carbocycles. The first-order chi connectivity index (χ1) is 12.5. The van der Waals surface area contributed by atoms with Crippen molar-refractivity contribution in [3.05, 3.63) is 49.3 Å². The number of nitrogens with one attached hydrogen (secondary N) is 1. The van der Waals surface area contributed by atoms with Crippen LogP contribution in [0.3, 0.4) is 0 Å². The lowest BCUT2D eigenvalue weighted by molar-refractivity contribution is 0.174. The van der Waals surface area contributed by atoms with E-state index in [1.807, 2.05) is 13.8 Å². The van der Waals surface area contributed by atoms with E-state index in [0.29, 0.717) is 32.3 Å². The van der Waals surface area contributed by atoms with Crippen molar-refractivity contribution in [2.75, 3.05) is 6.79 Å². The summed E-state index contributed by atoms with van der Waals surface area (Å²) in [6.45, 7) is 3.94. The van der Waals surface area contributed by atoms with Crippen LogP contribution >= 0.6 is 22.9 Å². The largest absolute Gasteiger partial charge is 0.454 e. The summed E-state index contributed by atoms with van der Waals surface area (Å²) in [5.74, 6) is 1.22. The molecule has 0 saturated carbocycles. The summed E-state index contributed by atoms with van der Waals surface area (Å²) in [4.78, 5) is 21.2. The number of nitrogens with zero attached hydrogens (tertiary/aromatic N) is 2. The highest BCUT2D eigenvalue weighted by molar-refractivity contribution is 7.18. The molecule has 0 spiro atoms. The first-order valence-corrected chi connectivity index (χ1v) is 8.88. The fourth-order valence-corrected chi connectivity index (χ4v) is 4.08. The van der Waals surface area contributed by atoms with Crippen LogP contribution in [-0.4, -0.2) is 16.8 Å². The molecule has 0 amide bonds. The SMILES string of the molecule is Cc1sc2nc(/C(C#N)=C\c3cc(Cl)c4c(c3)OCO4)[nH]c(=O)c2c1C. The van der Waals surface area contributed by atoms with Gasteiger partial charge < -0.3 is 14.5 Å². The van der Waals surface area contributed by atoms with Gasteiger partial charge in [-0.3, -0.25) is 4.79 Å². The van der Waals surface area contributed by atoms with Crippen LogP contribution in [0, 0.1) is 25.2 Å². The number of fused-ring (bicyclic) bond motifs is 2. The van der Waals surface area contributed by atoms with Crippen LogP contribution in [0.4, 0.5) is 0 Å². The van der Waals surface area contributed by atoms with Gasteiger partial charge in [0.15, 0.2) is 17.3 Å². The van der Waals surface area contributed by atoms with Crippen LogP contribution < -0.4 is 15.0 Å². The zero-order chi connectivity index (χ0) is 18.4. The molecule has 0 radical (unpaired) electrons. The molecule has 130 valence electrons. The summed E-state index contributed by atoms with van der Waals surface area (Å²) in [6.07, 6.45) is 1.60. The molecule has 1 aromatic carbocycles. The maximum atomic E-state index is 12.4. The quantitative estimate of drug-likeness (QED) is 0.672. The Kier molecular flexibility index (Phi) is 3.94. The number of aromatic nitrogens is 2. The number of benzene rings is 1. The number of hydrogen-bond acceptors (Lipinski definition) is 6. The first-order valence-electron chi connectivity index (χ1n) is 7.69. The molecule has 6 nitrogen and oxygen atoms in total. The second-order valence-corrected chi connectivity index (χ2v) is 7.39. The Morgan fingerprint density at radius 1 is 1.42 bits per heavy atom. The Balaban J connectivity index is 1.85. The van der Waals surface area contributed by atoms with Crippen molar-refractivity contribution in [2.45, 2.75) is 13.8 Å². The fraction of sp³-hybridized carbons (Fsp3) is 0.167. The number of thiophene rings is 1. The Morgan fingerprint density at radius 2 is 2.23 bits per heavy atom. The van der Waals surface area contributed by atoms with Gasteiger partial charge in [-0.25, -0.2) is 4.98 Å². The lowest BCUT2D eigenvalue weighted by Gasteiger charge is -2.03. The number of aryl methyl sites for hydroxylation is 2. The maximum Gasteiger partial charge on any atom is 0.260 e. The molecular formula is C18H12ClN3O3S. The second-order valence-electron chi connectivity index (χ2n) is 5.78. The first kappa shape index (κ1) is 16.6. The molecular weight excluding hydrogens is 374 g/mol. The van der Waals surface area contributed by atoms with Crippen LogP contribution in [0.15, 0.2) is 16.9 Å². The van der Waals surface area contributed by atoms with E-state index in [1.165, 1.54) is 11.3 Å². The molecule has 0 atom stereocenters. The predicted molar refractivity (Wildman–Crippen MR) is 101 cm³/mol. The zero-order valence-electron chi connectivity index (χ0n) is 13.8. The average Bonchev–Trinajstić information content (AvgIpc) is 3.18. The molecule has 8 heteroatoms. The van der Waals surface area contributed by atoms with Crippen LogP contribution in [0.25, 0.3) is 21.9 Å². The fourth-order valence-electron chi connectivity index (χ4n) is 2.77. The molecule has 26 heavy (non-hydrogen) atoms. The van der Waals surface area contributed by atoms with Gasteiger partial charge in [0.25, 0.3) is 5.56 Å². The summed E-state index contributed by atoms with van der Waals surface area (Å²) in [6, 6.07) is 5.48. The predicted octanol–water partition coefficient (Wildman–Crippen LogP) is 4.05. The Labute approximate surface area is 157 Å². The number of allylic oxidation sites excluding steroid dienone is 1. The standard InChI is InChI=1S/C18H12ClN3O3S/c1-8-9(2)26-18-14(8)17(23)21-16(22-18)11(6-20)3-10-4-12(19)15-13(5-10)24-7-25-15/h3-5H,7H2,1-2H3,(H,21,22,23)/b11-3-. The number of hydrogen-bond donors (Lipinski definition) is 1. The maximum absolute atomic E-state index is 12.4. The lowest BCUT2D eigenvalue weighted by Crippen LogP contribution is -2.10. The minimum absolute atomic E-state index is 0.107. The molecule has 3 heterocycles. The molecule has 1 aliphatic heterocycles. The van der Waals surface area contributed by atoms with E-state index in [4.69, 9.17) is 21.1 Å². The van der Waals surface area contributed by atoms with E-state index >= 15 is 0 Å². The number of rotatable bonds is 2. The minimum Gasteiger partial charge on any atom is -0.454 e. The summed E-state index contributed by atoms with van der Waals surface area (Å²) in [5.41, 5.74) is 1.53. The number of halogens is 1. The van der Waals surface area contributed by atoms with Crippen molar-refractivity contribution in [1.29, 1.82) is 5.26 Å². The number of aromatic amines is 1. The Hall–Kier alpha value is -2.82.